The Hall–Kier alpha value is -2.48. The van der Waals surface area contributed by atoms with Crippen molar-refractivity contribution in [2.24, 2.45) is 5.92 Å². The number of halogens is 1. The average molecular weight is 611 g/mol. The number of ether oxygens (including phenoxy) is 3. The van der Waals surface area contributed by atoms with E-state index in [2.05, 4.69) is 64.2 Å². The summed E-state index contributed by atoms with van der Waals surface area (Å²) >= 11 is 0. The van der Waals surface area contributed by atoms with E-state index < -0.39 is 14.5 Å². The summed E-state index contributed by atoms with van der Waals surface area (Å²) < 4.78 is 39.2. The largest absolute Gasteiger partial charge is 0.497 e. The maximum absolute atomic E-state index is 15.8. The van der Waals surface area contributed by atoms with Crippen molar-refractivity contribution in [3.05, 3.63) is 76.9 Å². The van der Waals surface area contributed by atoms with Crippen molar-refractivity contribution in [1.29, 1.82) is 0 Å². The second kappa shape index (κ2) is 14.5. The zero-order valence-corrected chi connectivity index (χ0v) is 28.2. The van der Waals surface area contributed by atoms with Gasteiger partial charge in [0.2, 0.25) is 0 Å². The van der Waals surface area contributed by atoms with Crippen molar-refractivity contribution < 1.29 is 27.8 Å². The lowest BCUT2D eigenvalue weighted by molar-refractivity contribution is -0.140. The third-order valence-corrected chi connectivity index (χ3v) is 14.3. The lowest BCUT2D eigenvalue weighted by Crippen LogP contribution is -2.44. The molecule has 0 saturated heterocycles. The minimum Gasteiger partial charge on any atom is -0.497 e. The van der Waals surface area contributed by atoms with Crippen LogP contribution in [0.2, 0.25) is 18.1 Å². The molecule has 0 heterocycles. The van der Waals surface area contributed by atoms with E-state index in [1.807, 2.05) is 24.3 Å². The van der Waals surface area contributed by atoms with Gasteiger partial charge in [0.25, 0.3) is 0 Å². The molecule has 0 aromatic heterocycles. The first kappa shape index (κ1) is 33.4. The molecular weight excluding hydrogens is 559 g/mol. The van der Waals surface area contributed by atoms with Gasteiger partial charge in [-0.25, -0.2) is 4.39 Å². The number of methoxy groups -OCH3 is 2. The van der Waals surface area contributed by atoms with Crippen molar-refractivity contribution >= 4 is 14.3 Å². The number of esters is 1. The second-order valence-electron chi connectivity index (χ2n) is 13.7. The molecule has 2 aromatic rings. The van der Waals surface area contributed by atoms with Crippen LogP contribution in [0.1, 0.15) is 93.6 Å². The maximum Gasteiger partial charge on any atom is 0.305 e. The van der Waals surface area contributed by atoms with Gasteiger partial charge >= 0.3 is 5.97 Å². The van der Waals surface area contributed by atoms with Crippen LogP contribution >= 0.6 is 0 Å². The first-order valence-electron chi connectivity index (χ1n) is 15.8. The summed E-state index contributed by atoms with van der Waals surface area (Å²) in [6, 6.07) is 14.7. The van der Waals surface area contributed by atoms with Gasteiger partial charge in [0.05, 0.1) is 33.0 Å². The van der Waals surface area contributed by atoms with Gasteiger partial charge in [-0.2, -0.15) is 0 Å². The summed E-state index contributed by atoms with van der Waals surface area (Å²) in [5.74, 6) is 0.499. The number of carbonyl (C=O) groups excluding carboxylic acids is 1. The Morgan fingerprint density at radius 3 is 2.49 bits per heavy atom. The van der Waals surface area contributed by atoms with E-state index >= 15 is 4.39 Å². The Balaban J connectivity index is 1.50. The highest BCUT2D eigenvalue weighted by Crippen LogP contribution is 2.49. The fourth-order valence-corrected chi connectivity index (χ4v) is 7.56. The number of fused-ring (bicyclic) bond motifs is 1. The molecule has 0 bridgehead atoms. The summed E-state index contributed by atoms with van der Waals surface area (Å²) in [7, 11) is 0.981. The maximum atomic E-state index is 15.8. The SMILES string of the molecule is COC(=O)CCC/C=C\C[C@H]1C(F)C[C@@H](O[Si](C)(C)C(C)(C)C)[C@@H]1c1ccc2c(c1)CCC2OCc1ccc(OC)cc1. The third kappa shape index (κ3) is 8.37. The van der Waals surface area contributed by atoms with Crippen LogP contribution in [0.15, 0.2) is 54.6 Å². The topological polar surface area (TPSA) is 54.0 Å². The number of alkyl halides is 1. The molecular formula is C36H51FO5Si. The summed E-state index contributed by atoms with van der Waals surface area (Å²) in [6.45, 7) is 11.8. The van der Waals surface area contributed by atoms with Crippen LogP contribution < -0.4 is 4.74 Å². The number of rotatable bonds is 13. The normalized spacial score (nSPS) is 24.0. The van der Waals surface area contributed by atoms with Crippen molar-refractivity contribution in [3.8, 4) is 5.75 Å². The Bertz CT molecular complexity index is 1240. The van der Waals surface area contributed by atoms with Crippen LogP contribution in [0, 0.1) is 5.92 Å². The van der Waals surface area contributed by atoms with E-state index in [9.17, 15) is 4.79 Å². The summed E-state index contributed by atoms with van der Waals surface area (Å²) in [5.41, 5.74) is 4.86. The molecule has 2 aromatic carbocycles. The van der Waals surface area contributed by atoms with Crippen molar-refractivity contribution in [2.75, 3.05) is 14.2 Å². The molecule has 0 aliphatic heterocycles. The van der Waals surface area contributed by atoms with Crippen molar-refractivity contribution in [3.63, 3.8) is 0 Å². The predicted octanol–water partition coefficient (Wildman–Crippen LogP) is 9.02. The highest BCUT2D eigenvalue weighted by molar-refractivity contribution is 6.74. The number of benzene rings is 2. The van der Waals surface area contributed by atoms with E-state index in [1.54, 1.807) is 7.11 Å². The molecule has 0 radical (unpaired) electrons. The molecule has 1 fully saturated rings. The average Bonchev–Trinajstić information content (AvgIpc) is 3.51. The molecule has 0 N–H and O–H groups in total. The number of hydrogen-bond donors (Lipinski definition) is 0. The first-order valence-corrected chi connectivity index (χ1v) is 18.7. The summed E-state index contributed by atoms with van der Waals surface area (Å²) in [4.78, 5) is 11.4. The summed E-state index contributed by atoms with van der Waals surface area (Å²) in [5, 5.41) is 0.0490. The van der Waals surface area contributed by atoms with Gasteiger partial charge in [-0.05, 0) is 84.6 Å². The van der Waals surface area contributed by atoms with Crippen LogP contribution in [0.4, 0.5) is 4.39 Å². The predicted molar refractivity (Wildman–Crippen MR) is 173 cm³/mol. The highest BCUT2D eigenvalue weighted by Gasteiger charge is 2.49. The molecule has 236 valence electrons. The molecule has 2 unspecified atom stereocenters. The van der Waals surface area contributed by atoms with Crippen LogP contribution in [-0.4, -0.2) is 40.8 Å². The van der Waals surface area contributed by atoms with E-state index in [1.165, 1.54) is 23.8 Å². The Kier molecular flexibility index (Phi) is 11.3. The standard InChI is InChI=1S/C36H51FO5Si/c1-36(2,3)43(6,7)42-33-23-31(37)30(12-10-8-9-11-13-34(38)40-5)35(33)27-16-20-29-26(22-27)17-21-32(29)41-24-25-14-18-28(39-4)19-15-25/h8,10,14-16,18-20,22,30-33,35H,9,11-13,17,21,23-24H2,1-7H3/b10-8-/t30-,31?,32?,33+,35+/m0/s1. The molecule has 7 heteroatoms. The van der Waals surface area contributed by atoms with Crippen LogP contribution in [-0.2, 0) is 31.7 Å². The lowest BCUT2D eigenvalue weighted by atomic mass is 9.84. The molecule has 43 heavy (non-hydrogen) atoms. The van der Waals surface area contributed by atoms with E-state index in [0.717, 1.165) is 37.0 Å². The van der Waals surface area contributed by atoms with Gasteiger partial charge in [0.15, 0.2) is 8.32 Å². The second-order valence-corrected chi connectivity index (χ2v) is 18.4. The van der Waals surface area contributed by atoms with E-state index in [0.29, 0.717) is 25.9 Å². The van der Waals surface area contributed by atoms with Gasteiger partial charge in [-0.1, -0.05) is 63.3 Å². The monoisotopic (exact) mass is 610 g/mol. The third-order valence-electron chi connectivity index (χ3n) is 9.78. The number of hydrogen-bond acceptors (Lipinski definition) is 5. The Labute approximate surface area is 259 Å². The van der Waals surface area contributed by atoms with Crippen molar-refractivity contribution in [2.45, 2.75) is 115 Å². The van der Waals surface area contributed by atoms with Gasteiger partial charge in [0, 0.05) is 24.7 Å². The molecule has 4 rings (SSSR count). The van der Waals surface area contributed by atoms with Gasteiger partial charge in [0.1, 0.15) is 11.9 Å². The highest BCUT2D eigenvalue weighted by atomic mass is 28.4. The minimum absolute atomic E-state index is 0.00610. The van der Waals surface area contributed by atoms with Gasteiger partial charge in [-0.3, -0.25) is 4.79 Å². The van der Waals surface area contributed by atoms with Crippen LogP contribution in [0.25, 0.3) is 0 Å². The fraction of sp³-hybridized carbons (Fsp3) is 0.583. The van der Waals surface area contributed by atoms with Gasteiger partial charge in [-0.15, -0.1) is 0 Å². The number of aryl methyl sites for hydroxylation is 1. The molecule has 0 spiro atoms. The molecule has 2 aliphatic rings. The lowest BCUT2D eigenvalue weighted by Gasteiger charge is -2.40. The zero-order chi connectivity index (χ0) is 31.2. The molecule has 5 atom stereocenters. The molecule has 0 amide bonds. The fourth-order valence-electron chi connectivity index (χ4n) is 6.21. The quantitative estimate of drug-likeness (QED) is 0.0980. The molecule has 2 aliphatic carbocycles. The Morgan fingerprint density at radius 2 is 1.81 bits per heavy atom. The Morgan fingerprint density at radius 1 is 1.07 bits per heavy atom. The van der Waals surface area contributed by atoms with Crippen LogP contribution in [0.5, 0.6) is 5.75 Å². The van der Waals surface area contributed by atoms with Gasteiger partial charge < -0.3 is 18.6 Å². The first-order chi connectivity index (χ1) is 20.4. The van der Waals surface area contributed by atoms with Crippen LogP contribution in [0.3, 0.4) is 0 Å². The number of unbranched alkanes of at least 4 members (excludes halogenated alkanes) is 1. The van der Waals surface area contributed by atoms with E-state index in [4.69, 9.17) is 18.6 Å². The molecule has 1 saturated carbocycles. The summed E-state index contributed by atoms with van der Waals surface area (Å²) in [6.07, 6.45) is 8.11. The number of carbonyl (C=O) groups is 1. The zero-order valence-electron chi connectivity index (χ0n) is 27.2. The number of allylic oxidation sites excluding steroid dienone is 2. The van der Waals surface area contributed by atoms with E-state index in [-0.39, 0.29) is 35.1 Å². The molecule has 5 nitrogen and oxygen atoms in total. The van der Waals surface area contributed by atoms with Crippen molar-refractivity contribution in [1.82, 2.24) is 0 Å². The minimum atomic E-state index is -2.10. The smallest absolute Gasteiger partial charge is 0.305 e.